The standard InChI is InChI=1S/C15H10BrCl2FN2/c1-8-2-3-13(9(16)4-8)21-14-5-10(18)11(19)6-12(14)20-15(21)7-17/h2-6H,7H2,1H3. The van der Waals surface area contributed by atoms with Crippen molar-refractivity contribution in [3.63, 3.8) is 0 Å². The van der Waals surface area contributed by atoms with E-state index in [0.717, 1.165) is 21.2 Å². The molecule has 6 heteroatoms. The van der Waals surface area contributed by atoms with E-state index >= 15 is 0 Å². The molecule has 0 radical (unpaired) electrons. The van der Waals surface area contributed by atoms with Gasteiger partial charge in [-0.1, -0.05) is 17.7 Å². The van der Waals surface area contributed by atoms with Crippen LogP contribution in [0.5, 0.6) is 0 Å². The zero-order chi connectivity index (χ0) is 15.1. The van der Waals surface area contributed by atoms with Crippen LogP contribution in [0.1, 0.15) is 11.4 Å². The minimum Gasteiger partial charge on any atom is -0.294 e. The molecule has 0 spiro atoms. The van der Waals surface area contributed by atoms with E-state index in [1.54, 1.807) is 6.07 Å². The first-order valence-corrected chi connectivity index (χ1v) is 7.90. The van der Waals surface area contributed by atoms with Crippen LogP contribution < -0.4 is 0 Å². The predicted molar refractivity (Wildman–Crippen MR) is 88.0 cm³/mol. The Balaban J connectivity index is 2.37. The van der Waals surface area contributed by atoms with E-state index in [-0.39, 0.29) is 10.9 Å². The number of imidazole rings is 1. The topological polar surface area (TPSA) is 17.8 Å². The lowest BCUT2D eigenvalue weighted by atomic mass is 10.2. The minimum atomic E-state index is -0.488. The summed E-state index contributed by atoms with van der Waals surface area (Å²) >= 11 is 15.4. The van der Waals surface area contributed by atoms with Crippen LogP contribution in [-0.2, 0) is 5.88 Å². The van der Waals surface area contributed by atoms with Crippen LogP contribution in [0.3, 0.4) is 0 Å². The van der Waals surface area contributed by atoms with Crippen molar-refractivity contribution in [3.05, 3.63) is 57.0 Å². The molecule has 0 aliphatic carbocycles. The van der Waals surface area contributed by atoms with Crippen LogP contribution in [0.4, 0.5) is 4.39 Å². The summed E-state index contributed by atoms with van der Waals surface area (Å²) in [7, 11) is 0. The average molecular weight is 388 g/mol. The van der Waals surface area contributed by atoms with Gasteiger partial charge in [0.2, 0.25) is 0 Å². The van der Waals surface area contributed by atoms with Crippen LogP contribution in [0.15, 0.2) is 34.8 Å². The molecule has 0 unspecified atom stereocenters. The van der Waals surface area contributed by atoms with Crippen molar-refractivity contribution >= 4 is 50.2 Å². The predicted octanol–water partition coefficient (Wildman–Crippen LogP) is 5.63. The van der Waals surface area contributed by atoms with Crippen molar-refractivity contribution in [2.24, 2.45) is 0 Å². The van der Waals surface area contributed by atoms with E-state index in [0.29, 0.717) is 11.3 Å². The highest BCUT2D eigenvalue weighted by molar-refractivity contribution is 9.10. The molecular formula is C15H10BrCl2FN2. The number of rotatable bonds is 2. The van der Waals surface area contributed by atoms with Crippen molar-refractivity contribution in [2.75, 3.05) is 0 Å². The Morgan fingerprint density at radius 3 is 2.71 bits per heavy atom. The fourth-order valence-corrected chi connectivity index (χ4v) is 3.28. The molecule has 3 aromatic rings. The second kappa shape index (κ2) is 5.59. The summed E-state index contributed by atoms with van der Waals surface area (Å²) in [5.41, 5.74) is 3.27. The first-order valence-electron chi connectivity index (χ1n) is 6.20. The number of aryl methyl sites for hydroxylation is 1. The first kappa shape index (κ1) is 14.8. The molecule has 2 nitrogen and oxygen atoms in total. The summed E-state index contributed by atoms with van der Waals surface area (Å²) in [6, 6.07) is 8.86. The summed E-state index contributed by atoms with van der Waals surface area (Å²) in [5.74, 6) is 0.365. The maximum atomic E-state index is 13.6. The van der Waals surface area contributed by atoms with Gasteiger partial charge in [0, 0.05) is 10.5 Å². The lowest BCUT2D eigenvalue weighted by Crippen LogP contribution is -2.00. The van der Waals surface area contributed by atoms with Gasteiger partial charge in [-0.2, -0.15) is 0 Å². The summed E-state index contributed by atoms with van der Waals surface area (Å²) < 4.78 is 16.4. The fraction of sp³-hybridized carbons (Fsp3) is 0.133. The second-order valence-corrected chi connectivity index (χ2v) is 6.24. The molecule has 2 aromatic carbocycles. The van der Waals surface area contributed by atoms with E-state index in [1.165, 1.54) is 6.07 Å². The Hall–Kier alpha value is -1.10. The van der Waals surface area contributed by atoms with E-state index in [2.05, 4.69) is 20.9 Å². The van der Waals surface area contributed by atoms with Gasteiger partial charge in [0.15, 0.2) is 0 Å². The van der Waals surface area contributed by atoms with Crippen molar-refractivity contribution in [1.82, 2.24) is 9.55 Å². The van der Waals surface area contributed by atoms with Crippen LogP contribution in [0.2, 0.25) is 5.02 Å². The first-order chi connectivity index (χ1) is 10.0. The van der Waals surface area contributed by atoms with Crippen LogP contribution in [0, 0.1) is 12.7 Å². The van der Waals surface area contributed by atoms with E-state index in [9.17, 15) is 4.39 Å². The molecule has 108 valence electrons. The Bertz CT molecular complexity index is 845. The van der Waals surface area contributed by atoms with Crippen molar-refractivity contribution in [2.45, 2.75) is 12.8 Å². The van der Waals surface area contributed by atoms with Crippen molar-refractivity contribution in [1.29, 1.82) is 0 Å². The summed E-state index contributed by atoms with van der Waals surface area (Å²) in [4.78, 5) is 4.38. The number of halogens is 4. The molecule has 0 aliphatic rings. The molecule has 0 N–H and O–H groups in total. The molecule has 0 bridgehead atoms. The molecule has 0 atom stereocenters. The van der Waals surface area contributed by atoms with Crippen molar-refractivity contribution in [3.8, 4) is 5.69 Å². The van der Waals surface area contributed by atoms with E-state index < -0.39 is 5.82 Å². The third kappa shape index (κ3) is 2.56. The van der Waals surface area contributed by atoms with Gasteiger partial charge in [-0.05, 0) is 46.6 Å². The molecule has 1 aromatic heterocycles. The lowest BCUT2D eigenvalue weighted by molar-refractivity contribution is 0.630. The largest absolute Gasteiger partial charge is 0.294 e. The minimum absolute atomic E-state index is 0.0630. The Labute approximate surface area is 139 Å². The third-order valence-corrected chi connectivity index (χ3v) is 4.39. The quantitative estimate of drug-likeness (QED) is 0.521. The summed E-state index contributed by atoms with van der Waals surface area (Å²) in [6.07, 6.45) is 0. The third-order valence-electron chi connectivity index (χ3n) is 3.23. The molecule has 0 saturated heterocycles. The second-order valence-electron chi connectivity index (χ2n) is 4.71. The number of fused-ring (bicyclic) bond motifs is 1. The Kier molecular flexibility index (Phi) is 3.95. The monoisotopic (exact) mass is 386 g/mol. The molecule has 3 rings (SSSR count). The number of nitrogens with zero attached hydrogens (tertiary/aromatic N) is 2. The normalized spacial score (nSPS) is 11.3. The zero-order valence-electron chi connectivity index (χ0n) is 11.0. The molecule has 21 heavy (non-hydrogen) atoms. The van der Waals surface area contributed by atoms with Gasteiger partial charge < -0.3 is 0 Å². The SMILES string of the molecule is Cc1ccc(-n2c(CCl)nc3cc(F)c(Cl)cc32)c(Br)c1. The number of alkyl halides is 1. The van der Waals surface area contributed by atoms with Gasteiger partial charge in [0.25, 0.3) is 0 Å². The Morgan fingerprint density at radius 1 is 1.29 bits per heavy atom. The van der Waals surface area contributed by atoms with Gasteiger partial charge in [0.05, 0.1) is 27.6 Å². The van der Waals surface area contributed by atoms with Gasteiger partial charge in [-0.15, -0.1) is 11.6 Å². The fourth-order valence-electron chi connectivity index (χ4n) is 2.27. The summed E-state index contributed by atoms with van der Waals surface area (Å²) in [5, 5.41) is 0.0630. The smallest absolute Gasteiger partial charge is 0.144 e. The van der Waals surface area contributed by atoms with E-state index in [4.69, 9.17) is 23.2 Å². The van der Waals surface area contributed by atoms with Gasteiger partial charge >= 0.3 is 0 Å². The van der Waals surface area contributed by atoms with Crippen LogP contribution in [-0.4, -0.2) is 9.55 Å². The molecule has 0 fully saturated rings. The van der Waals surface area contributed by atoms with Crippen molar-refractivity contribution < 1.29 is 4.39 Å². The number of aromatic nitrogens is 2. The lowest BCUT2D eigenvalue weighted by Gasteiger charge is -2.11. The molecule has 0 aliphatic heterocycles. The van der Waals surface area contributed by atoms with E-state index in [1.807, 2.05) is 29.7 Å². The molecule has 0 amide bonds. The molecule has 1 heterocycles. The average Bonchev–Trinajstić information content (AvgIpc) is 2.77. The zero-order valence-corrected chi connectivity index (χ0v) is 14.1. The Morgan fingerprint density at radius 2 is 2.05 bits per heavy atom. The number of hydrogen-bond donors (Lipinski definition) is 0. The maximum Gasteiger partial charge on any atom is 0.144 e. The molecular weight excluding hydrogens is 378 g/mol. The van der Waals surface area contributed by atoms with Gasteiger partial charge in [0.1, 0.15) is 11.6 Å². The highest BCUT2D eigenvalue weighted by atomic mass is 79.9. The number of hydrogen-bond acceptors (Lipinski definition) is 1. The molecule has 0 saturated carbocycles. The highest BCUT2D eigenvalue weighted by Crippen LogP contribution is 2.31. The maximum absolute atomic E-state index is 13.6. The highest BCUT2D eigenvalue weighted by Gasteiger charge is 2.16. The van der Waals surface area contributed by atoms with Crippen LogP contribution in [0.25, 0.3) is 16.7 Å². The van der Waals surface area contributed by atoms with Crippen LogP contribution >= 0.6 is 39.1 Å². The number of benzene rings is 2. The summed E-state index contributed by atoms with van der Waals surface area (Å²) in [6.45, 7) is 2.01. The van der Waals surface area contributed by atoms with Gasteiger partial charge in [-0.25, -0.2) is 9.37 Å². The van der Waals surface area contributed by atoms with Gasteiger partial charge in [-0.3, -0.25) is 4.57 Å².